The van der Waals surface area contributed by atoms with Crippen LogP contribution in [0.2, 0.25) is 0 Å². The lowest BCUT2D eigenvalue weighted by Gasteiger charge is -2.08. The fourth-order valence-electron chi connectivity index (χ4n) is 2.80. The number of hydrogen-bond acceptors (Lipinski definition) is 5. The number of carbonyl (C=O) groups excluding carboxylic acids is 2. The number of benzene rings is 2. The first-order valence-corrected chi connectivity index (χ1v) is 8.37. The van der Waals surface area contributed by atoms with Crippen molar-refractivity contribution in [2.75, 3.05) is 19.0 Å². The Hall–Kier alpha value is -3.81. The third-order valence-electron chi connectivity index (χ3n) is 4.08. The smallest absolute Gasteiger partial charge is 0.322 e. The van der Waals surface area contributed by atoms with Crippen LogP contribution in [0.1, 0.15) is 26.5 Å². The molecule has 0 aliphatic carbocycles. The molecule has 0 bridgehead atoms. The highest BCUT2D eigenvalue weighted by atomic mass is 16.5. The molecule has 1 heterocycles. The molecule has 3 rings (SSSR count). The molecule has 2 aromatic carbocycles. The van der Waals surface area contributed by atoms with Gasteiger partial charge in [0.1, 0.15) is 23.6 Å². The van der Waals surface area contributed by atoms with E-state index in [1.54, 1.807) is 37.3 Å². The first-order valence-electron chi connectivity index (χ1n) is 8.37. The number of carboxylic acids is 1. The molecule has 0 aliphatic heterocycles. The van der Waals surface area contributed by atoms with Gasteiger partial charge in [0.25, 0.3) is 11.8 Å². The van der Waals surface area contributed by atoms with Crippen molar-refractivity contribution in [3.8, 4) is 5.75 Å². The fraction of sp³-hybridized carbons (Fsp3) is 0.150. The third kappa shape index (κ3) is 3.96. The first-order chi connectivity index (χ1) is 13.4. The normalized spacial score (nSPS) is 10.5. The molecule has 8 nitrogen and oxygen atoms in total. The van der Waals surface area contributed by atoms with Crippen molar-refractivity contribution < 1.29 is 28.6 Å². The fourth-order valence-corrected chi connectivity index (χ4v) is 2.80. The Kier molecular flexibility index (Phi) is 5.30. The molecule has 144 valence electrons. The minimum atomic E-state index is -1.14. The molecular formula is C20H18N2O6. The second-order valence-corrected chi connectivity index (χ2v) is 6.01. The molecule has 0 atom stereocenters. The summed E-state index contributed by atoms with van der Waals surface area (Å²) >= 11 is 0. The van der Waals surface area contributed by atoms with E-state index in [9.17, 15) is 14.4 Å². The lowest BCUT2D eigenvalue weighted by molar-refractivity contribution is -0.135. The van der Waals surface area contributed by atoms with E-state index in [0.29, 0.717) is 33.7 Å². The number of anilines is 1. The van der Waals surface area contributed by atoms with Gasteiger partial charge in [0.2, 0.25) is 0 Å². The molecule has 0 aliphatic rings. The Morgan fingerprint density at radius 3 is 2.61 bits per heavy atom. The molecule has 3 N–H and O–H groups in total. The van der Waals surface area contributed by atoms with Gasteiger partial charge in [-0.2, -0.15) is 0 Å². The van der Waals surface area contributed by atoms with Gasteiger partial charge in [0.05, 0.1) is 12.7 Å². The van der Waals surface area contributed by atoms with Crippen molar-refractivity contribution in [1.29, 1.82) is 0 Å². The molecule has 0 saturated carbocycles. The molecule has 8 heteroatoms. The average molecular weight is 382 g/mol. The molecule has 1 aromatic heterocycles. The van der Waals surface area contributed by atoms with Crippen LogP contribution in [0.5, 0.6) is 5.75 Å². The number of nitrogens with one attached hydrogen (secondary N) is 2. The average Bonchev–Trinajstić information content (AvgIpc) is 3.01. The summed E-state index contributed by atoms with van der Waals surface area (Å²) < 4.78 is 10.8. The van der Waals surface area contributed by atoms with Gasteiger partial charge in [0, 0.05) is 16.6 Å². The Morgan fingerprint density at radius 2 is 1.89 bits per heavy atom. The van der Waals surface area contributed by atoms with Crippen LogP contribution in [-0.4, -0.2) is 36.5 Å². The first kappa shape index (κ1) is 19.0. The SMILES string of the molecule is COc1ccc2oc(C)c(C(=O)Nc3cccc(C(=O)NCC(=O)O)c3)c2c1. The number of carboxylic acid groups (broad SMARTS) is 1. The van der Waals surface area contributed by atoms with E-state index in [0.717, 1.165) is 0 Å². The highest BCUT2D eigenvalue weighted by molar-refractivity contribution is 6.13. The van der Waals surface area contributed by atoms with Gasteiger partial charge in [-0.15, -0.1) is 0 Å². The Labute approximate surface area is 160 Å². The number of rotatable bonds is 6. The van der Waals surface area contributed by atoms with Crippen molar-refractivity contribution in [2.45, 2.75) is 6.92 Å². The van der Waals surface area contributed by atoms with Crippen molar-refractivity contribution in [1.82, 2.24) is 5.32 Å². The molecule has 0 fully saturated rings. The summed E-state index contributed by atoms with van der Waals surface area (Å²) in [5, 5.41) is 14.3. The Balaban J connectivity index is 1.85. The molecule has 0 radical (unpaired) electrons. The van der Waals surface area contributed by atoms with Crippen LogP contribution in [0.3, 0.4) is 0 Å². The van der Waals surface area contributed by atoms with Crippen LogP contribution in [0.15, 0.2) is 46.9 Å². The zero-order chi connectivity index (χ0) is 20.3. The summed E-state index contributed by atoms with van der Waals surface area (Å²) in [5.41, 5.74) is 1.55. The highest BCUT2D eigenvalue weighted by Crippen LogP contribution is 2.29. The number of methoxy groups -OCH3 is 1. The molecule has 0 saturated heterocycles. The second-order valence-electron chi connectivity index (χ2n) is 6.01. The van der Waals surface area contributed by atoms with E-state index in [1.165, 1.54) is 19.2 Å². The predicted octanol–water partition coefficient (Wildman–Crippen LogP) is 2.82. The standard InChI is InChI=1S/C20H18N2O6/c1-11-18(15-9-14(27-2)6-7-16(15)28-11)20(26)22-13-5-3-4-12(8-13)19(25)21-10-17(23)24/h3-9H,10H2,1-2H3,(H,21,25)(H,22,26)(H,23,24). The quantitative estimate of drug-likeness (QED) is 0.603. The Morgan fingerprint density at radius 1 is 1.11 bits per heavy atom. The van der Waals surface area contributed by atoms with E-state index in [4.69, 9.17) is 14.3 Å². The molecule has 28 heavy (non-hydrogen) atoms. The van der Waals surface area contributed by atoms with Gasteiger partial charge in [-0.25, -0.2) is 0 Å². The number of aliphatic carboxylic acids is 1. The number of furan rings is 1. The summed E-state index contributed by atoms with van der Waals surface area (Å²) in [4.78, 5) is 35.4. The highest BCUT2D eigenvalue weighted by Gasteiger charge is 2.19. The lowest BCUT2D eigenvalue weighted by atomic mass is 10.1. The van der Waals surface area contributed by atoms with Gasteiger partial charge in [0.15, 0.2) is 0 Å². The Bertz CT molecular complexity index is 1070. The van der Waals surface area contributed by atoms with E-state index < -0.39 is 24.3 Å². The molecule has 3 aromatic rings. The van der Waals surface area contributed by atoms with Gasteiger partial charge in [-0.05, 0) is 43.3 Å². The van der Waals surface area contributed by atoms with Gasteiger partial charge >= 0.3 is 5.97 Å². The topological polar surface area (TPSA) is 118 Å². The summed E-state index contributed by atoms with van der Waals surface area (Å²) in [5.74, 6) is -1.04. The van der Waals surface area contributed by atoms with E-state index >= 15 is 0 Å². The zero-order valence-electron chi connectivity index (χ0n) is 15.2. The maximum absolute atomic E-state index is 12.8. The number of amides is 2. The van der Waals surface area contributed by atoms with Crippen molar-refractivity contribution in [3.05, 3.63) is 59.4 Å². The van der Waals surface area contributed by atoms with Crippen LogP contribution in [0.4, 0.5) is 5.69 Å². The van der Waals surface area contributed by atoms with Crippen LogP contribution >= 0.6 is 0 Å². The minimum Gasteiger partial charge on any atom is -0.497 e. The van der Waals surface area contributed by atoms with E-state index in [-0.39, 0.29) is 5.56 Å². The van der Waals surface area contributed by atoms with Crippen molar-refractivity contribution in [2.24, 2.45) is 0 Å². The second kappa shape index (κ2) is 7.83. The maximum atomic E-state index is 12.8. The molecule has 0 spiro atoms. The summed E-state index contributed by atoms with van der Waals surface area (Å²) in [6.45, 7) is 1.20. The van der Waals surface area contributed by atoms with Gasteiger partial charge in [-0.1, -0.05) is 6.07 Å². The molecule has 0 unspecified atom stereocenters. The zero-order valence-corrected chi connectivity index (χ0v) is 15.2. The maximum Gasteiger partial charge on any atom is 0.322 e. The lowest BCUT2D eigenvalue weighted by Crippen LogP contribution is -2.29. The van der Waals surface area contributed by atoms with Crippen molar-refractivity contribution >= 4 is 34.4 Å². The molecular weight excluding hydrogens is 364 g/mol. The number of aryl methyl sites for hydroxylation is 1. The third-order valence-corrected chi connectivity index (χ3v) is 4.08. The minimum absolute atomic E-state index is 0.231. The number of ether oxygens (including phenoxy) is 1. The van der Waals surface area contributed by atoms with Crippen LogP contribution in [0, 0.1) is 6.92 Å². The molecule has 2 amide bonds. The van der Waals surface area contributed by atoms with Crippen molar-refractivity contribution in [3.63, 3.8) is 0 Å². The summed E-state index contributed by atoms with van der Waals surface area (Å²) in [6, 6.07) is 11.4. The van der Waals surface area contributed by atoms with E-state index in [1.807, 2.05) is 0 Å². The summed E-state index contributed by atoms with van der Waals surface area (Å²) in [7, 11) is 1.54. The number of fused-ring (bicyclic) bond motifs is 1. The number of hydrogen-bond donors (Lipinski definition) is 3. The van der Waals surface area contributed by atoms with Gasteiger partial charge in [-0.3, -0.25) is 14.4 Å². The van der Waals surface area contributed by atoms with Gasteiger partial charge < -0.3 is 24.9 Å². The summed E-state index contributed by atoms with van der Waals surface area (Å²) in [6.07, 6.45) is 0. The van der Waals surface area contributed by atoms with E-state index in [2.05, 4.69) is 10.6 Å². The number of carbonyl (C=O) groups is 3. The predicted molar refractivity (Wildman–Crippen MR) is 102 cm³/mol. The largest absolute Gasteiger partial charge is 0.497 e. The monoisotopic (exact) mass is 382 g/mol. The van der Waals surface area contributed by atoms with Crippen LogP contribution < -0.4 is 15.4 Å². The van der Waals surface area contributed by atoms with Crippen LogP contribution in [0.25, 0.3) is 11.0 Å². The van der Waals surface area contributed by atoms with Crippen LogP contribution in [-0.2, 0) is 4.79 Å².